The maximum absolute atomic E-state index is 12.3. The number of hydrogen-bond donors (Lipinski definition) is 2. The van der Waals surface area contributed by atoms with Crippen molar-refractivity contribution in [3.63, 3.8) is 0 Å². The van der Waals surface area contributed by atoms with E-state index in [9.17, 15) is 4.79 Å². The Labute approximate surface area is 110 Å². The van der Waals surface area contributed by atoms with Crippen molar-refractivity contribution in [2.45, 2.75) is 32.2 Å². The highest BCUT2D eigenvalue weighted by atomic mass is 79.9. The number of halogens is 1. The molecule has 1 aromatic rings. The third-order valence-electron chi connectivity index (χ3n) is 3.67. The van der Waals surface area contributed by atoms with Gasteiger partial charge in [0.2, 0.25) is 5.91 Å². The van der Waals surface area contributed by atoms with Crippen LogP contribution in [0.5, 0.6) is 0 Å². The first-order valence-corrected chi connectivity index (χ1v) is 6.65. The maximum atomic E-state index is 12.3. The molecule has 1 aliphatic carbocycles. The fourth-order valence-corrected chi connectivity index (χ4v) is 2.69. The number of carbonyl (C=O) groups is 1. The van der Waals surface area contributed by atoms with Crippen LogP contribution >= 0.6 is 15.9 Å². The zero-order valence-corrected chi connectivity index (χ0v) is 11.5. The van der Waals surface area contributed by atoms with Gasteiger partial charge >= 0.3 is 0 Å². The van der Waals surface area contributed by atoms with Crippen molar-refractivity contribution in [2.75, 3.05) is 5.32 Å². The summed E-state index contributed by atoms with van der Waals surface area (Å²) in [7, 11) is 0. The average Bonchev–Trinajstić information content (AvgIpc) is 2.64. The number of carbonyl (C=O) groups excluding carboxylic acids is 1. The van der Waals surface area contributed by atoms with Gasteiger partial charge in [-0.05, 0) is 47.8 Å². The van der Waals surface area contributed by atoms with Crippen molar-refractivity contribution in [1.29, 1.82) is 0 Å². The van der Waals surface area contributed by atoms with Crippen LogP contribution in [0.3, 0.4) is 0 Å². The summed E-state index contributed by atoms with van der Waals surface area (Å²) in [4.78, 5) is 12.3. The van der Waals surface area contributed by atoms with E-state index in [1.807, 2.05) is 31.2 Å². The molecule has 0 aromatic heterocycles. The number of nitrogens with two attached hydrogens (primary N) is 1. The van der Waals surface area contributed by atoms with Crippen molar-refractivity contribution in [2.24, 2.45) is 11.1 Å². The van der Waals surface area contributed by atoms with E-state index in [-0.39, 0.29) is 11.9 Å². The summed E-state index contributed by atoms with van der Waals surface area (Å²) >= 11 is 3.42. The molecular formula is C13H17BrN2O. The third kappa shape index (κ3) is 2.38. The third-order valence-corrected chi connectivity index (χ3v) is 4.36. The number of hydrogen-bond acceptors (Lipinski definition) is 2. The number of rotatable bonds is 2. The van der Waals surface area contributed by atoms with Gasteiger partial charge in [-0.1, -0.05) is 18.6 Å². The first-order chi connectivity index (χ1) is 8.04. The number of para-hydroxylation sites is 1. The summed E-state index contributed by atoms with van der Waals surface area (Å²) in [6.45, 7) is 1.96. The molecule has 1 amide bonds. The van der Waals surface area contributed by atoms with Crippen LogP contribution in [-0.4, -0.2) is 11.9 Å². The van der Waals surface area contributed by atoms with Crippen LogP contribution in [0.2, 0.25) is 0 Å². The highest BCUT2D eigenvalue weighted by Gasteiger charge is 2.42. The van der Waals surface area contributed by atoms with Crippen LogP contribution in [0, 0.1) is 5.41 Å². The largest absolute Gasteiger partial charge is 0.327 e. The first-order valence-electron chi connectivity index (χ1n) is 5.85. The molecular weight excluding hydrogens is 280 g/mol. The lowest BCUT2D eigenvalue weighted by molar-refractivity contribution is -0.125. The minimum atomic E-state index is -0.435. The molecule has 17 heavy (non-hydrogen) atoms. The van der Waals surface area contributed by atoms with Crippen LogP contribution in [0.25, 0.3) is 0 Å². The lowest BCUT2D eigenvalue weighted by Gasteiger charge is -2.27. The second-order valence-corrected chi connectivity index (χ2v) is 5.70. The van der Waals surface area contributed by atoms with Gasteiger partial charge < -0.3 is 11.1 Å². The Bertz CT molecular complexity index is 435. The molecule has 92 valence electrons. The number of benzene rings is 1. The van der Waals surface area contributed by atoms with Crippen LogP contribution in [0.4, 0.5) is 5.69 Å². The quantitative estimate of drug-likeness (QED) is 0.882. The maximum Gasteiger partial charge on any atom is 0.231 e. The molecule has 0 radical (unpaired) electrons. The lowest BCUT2D eigenvalue weighted by atomic mass is 9.84. The van der Waals surface area contributed by atoms with E-state index in [0.717, 1.165) is 29.4 Å². The number of nitrogens with one attached hydrogen (secondary N) is 1. The molecule has 2 atom stereocenters. The lowest BCUT2D eigenvalue weighted by Crippen LogP contribution is -2.44. The summed E-state index contributed by atoms with van der Waals surface area (Å²) in [5.74, 6) is 0.0226. The molecule has 1 aliphatic rings. The van der Waals surface area contributed by atoms with E-state index in [2.05, 4.69) is 21.2 Å². The topological polar surface area (TPSA) is 55.1 Å². The van der Waals surface area contributed by atoms with Crippen molar-refractivity contribution in [3.8, 4) is 0 Å². The Kier molecular flexibility index (Phi) is 3.54. The van der Waals surface area contributed by atoms with E-state index < -0.39 is 5.41 Å². The molecule has 1 aromatic carbocycles. The Morgan fingerprint density at radius 3 is 2.82 bits per heavy atom. The Morgan fingerprint density at radius 1 is 1.53 bits per heavy atom. The number of anilines is 1. The van der Waals surface area contributed by atoms with Gasteiger partial charge in [0.1, 0.15) is 0 Å². The summed E-state index contributed by atoms with van der Waals surface area (Å²) in [6.07, 6.45) is 2.82. The summed E-state index contributed by atoms with van der Waals surface area (Å²) in [5, 5.41) is 2.96. The number of amides is 1. The fraction of sp³-hybridized carbons (Fsp3) is 0.462. The van der Waals surface area contributed by atoms with Crippen LogP contribution < -0.4 is 11.1 Å². The predicted octanol–water partition coefficient (Wildman–Crippen LogP) is 2.91. The zero-order valence-electron chi connectivity index (χ0n) is 9.87. The van der Waals surface area contributed by atoms with E-state index in [4.69, 9.17) is 5.73 Å². The minimum Gasteiger partial charge on any atom is -0.327 e. The molecule has 2 rings (SSSR count). The van der Waals surface area contributed by atoms with Gasteiger partial charge in [0.05, 0.1) is 11.1 Å². The second kappa shape index (κ2) is 4.78. The molecule has 0 heterocycles. The van der Waals surface area contributed by atoms with Gasteiger partial charge in [-0.3, -0.25) is 4.79 Å². The van der Waals surface area contributed by atoms with Crippen LogP contribution in [0.15, 0.2) is 28.7 Å². The molecule has 3 nitrogen and oxygen atoms in total. The molecule has 1 saturated carbocycles. The normalized spacial score (nSPS) is 28.1. The van der Waals surface area contributed by atoms with Gasteiger partial charge in [0, 0.05) is 10.5 Å². The monoisotopic (exact) mass is 296 g/mol. The summed E-state index contributed by atoms with van der Waals surface area (Å²) in [6, 6.07) is 7.57. The molecule has 1 fully saturated rings. The summed E-state index contributed by atoms with van der Waals surface area (Å²) in [5.41, 5.74) is 6.40. The molecule has 0 spiro atoms. The van der Waals surface area contributed by atoms with E-state index in [1.54, 1.807) is 0 Å². The molecule has 0 bridgehead atoms. The molecule has 2 unspecified atom stereocenters. The predicted molar refractivity (Wildman–Crippen MR) is 72.7 cm³/mol. The second-order valence-electron chi connectivity index (χ2n) is 4.85. The van der Waals surface area contributed by atoms with Crippen molar-refractivity contribution in [3.05, 3.63) is 28.7 Å². The van der Waals surface area contributed by atoms with E-state index >= 15 is 0 Å². The van der Waals surface area contributed by atoms with Crippen molar-refractivity contribution < 1.29 is 4.79 Å². The van der Waals surface area contributed by atoms with Gasteiger partial charge in [-0.2, -0.15) is 0 Å². The fourth-order valence-electron chi connectivity index (χ4n) is 2.30. The van der Waals surface area contributed by atoms with E-state index in [0.29, 0.717) is 0 Å². The van der Waals surface area contributed by atoms with E-state index in [1.165, 1.54) is 0 Å². The standard InChI is InChI=1S/C13H17BrN2O/c1-13(8-4-7-11(13)15)12(17)16-10-6-3-2-5-9(10)14/h2-3,5-6,11H,4,7-8,15H2,1H3,(H,16,17). The zero-order chi connectivity index (χ0) is 12.5. The van der Waals surface area contributed by atoms with Gasteiger partial charge in [-0.25, -0.2) is 0 Å². The SMILES string of the molecule is CC1(C(=O)Nc2ccccc2Br)CCCC1N. The van der Waals surface area contributed by atoms with Gasteiger partial charge in [0.15, 0.2) is 0 Å². The van der Waals surface area contributed by atoms with Gasteiger partial charge in [0.25, 0.3) is 0 Å². The molecule has 0 saturated heterocycles. The Balaban J connectivity index is 2.15. The minimum absolute atomic E-state index is 0.0226. The average molecular weight is 297 g/mol. The van der Waals surface area contributed by atoms with Crippen LogP contribution in [0.1, 0.15) is 26.2 Å². The smallest absolute Gasteiger partial charge is 0.231 e. The Morgan fingerprint density at radius 2 is 2.24 bits per heavy atom. The molecule has 4 heteroatoms. The van der Waals surface area contributed by atoms with Gasteiger partial charge in [-0.15, -0.1) is 0 Å². The van der Waals surface area contributed by atoms with Crippen LogP contribution in [-0.2, 0) is 4.79 Å². The highest BCUT2D eigenvalue weighted by Crippen LogP contribution is 2.38. The highest BCUT2D eigenvalue weighted by molar-refractivity contribution is 9.10. The summed E-state index contributed by atoms with van der Waals surface area (Å²) < 4.78 is 0.892. The van der Waals surface area contributed by atoms with Crippen molar-refractivity contribution >= 4 is 27.5 Å². The molecule has 0 aliphatic heterocycles. The Hall–Kier alpha value is -0.870. The first kappa shape index (κ1) is 12.6. The molecule has 3 N–H and O–H groups in total. The van der Waals surface area contributed by atoms with Crippen molar-refractivity contribution in [1.82, 2.24) is 0 Å².